The molecule has 1 heterocycles. The number of nitrogens with one attached hydrogen (secondary N) is 1. The second-order valence-electron chi connectivity index (χ2n) is 5.76. The molecule has 3 rings (SSSR count). The summed E-state index contributed by atoms with van der Waals surface area (Å²) in [4.78, 5) is 3.36. The van der Waals surface area contributed by atoms with Crippen molar-refractivity contribution in [1.82, 2.24) is 4.98 Å². The number of aromatic nitrogens is 1. The zero-order valence-corrected chi connectivity index (χ0v) is 10.8. The van der Waals surface area contributed by atoms with E-state index in [-0.39, 0.29) is 11.9 Å². The molecule has 2 unspecified atom stereocenters. The summed E-state index contributed by atoms with van der Waals surface area (Å²) >= 11 is 0. The first kappa shape index (κ1) is 11.7. The number of nitrogens with two attached hydrogens (primary N) is 1. The highest BCUT2D eigenvalue weighted by Gasteiger charge is 2.29. The molecule has 0 saturated heterocycles. The van der Waals surface area contributed by atoms with Gasteiger partial charge in [0.2, 0.25) is 0 Å². The van der Waals surface area contributed by atoms with E-state index in [0.29, 0.717) is 11.8 Å². The van der Waals surface area contributed by atoms with Crippen molar-refractivity contribution in [3.8, 4) is 0 Å². The molecule has 0 aliphatic heterocycles. The van der Waals surface area contributed by atoms with Gasteiger partial charge in [-0.3, -0.25) is 0 Å². The van der Waals surface area contributed by atoms with Gasteiger partial charge in [-0.05, 0) is 48.4 Å². The van der Waals surface area contributed by atoms with Gasteiger partial charge in [0.25, 0.3) is 0 Å². The number of benzene rings is 1. The summed E-state index contributed by atoms with van der Waals surface area (Å²) in [5, 5.41) is 1.01. The van der Waals surface area contributed by atoms with Gasteiger partial charge in [0.15, 0.2) is 0 Å². The standard InChI is InChI=1S/C15H19FN2/c1-8(2)9-5-12-11-7-10(16)3-4-14(11)18-15(12)13(17)6-9/h3-4,7-9,13,18H,5-6,17H2,1-2H3. The zero-order valence-electron chi connectivity index (χ0n) is 10.8. The third-order valence-corrected chi connectivity index (χ3v) is 4.24. The van der Waals surface area contributed by atoms with E-state index in [2.05, 4.69) is 18.8 Å². The molecule has 1 aliphatic carbocycles. The molecule has 0 fully saturated rings. The first-order valence-corrected chi connectivity index (χ1v) is 6.62. The lowest BCUT2D eigenvalue weighted by Gasteiger charge is -2.29. The Balaban J connectivity index is 2.15. The first-order valence-electron chi connectivity index (χ1n) is 6.62. The fourth-order valence-electron chi connectivity index (χ4n) is 3.07. The molecule has 1 aromatic heterocycles. The van der Waals surface area contributed by atoms with E-state index in [0.717, 1.165) is 29.4 Å². The van der Waals surface area contributed by atoms with Crippen molar-refractivity contribution >= 4 is 10.9 Å². The number of hydrogen-bond acceptors (Lipinski definition) is 1. The van der Waals surface area contributed by atoms with Crippen molar-refractivity contribution in [2.24, 2.45) is 17.6 Å². The monoisotopic (exact) mass is 246 g/mol. The van der Waals surface area contributed by atoms with Crippen molar-refractivity contribution in [2.75, 3.05) is 0 Å². The molecule has 0 saturated carbocycles. The molecule has 3 heteroatoms. The Hall–Kier alpha value is -1.35. The first-order chi connectivity index (χ1) is 8.56. The molecule has 2 nitrogen and oxygen atoms in total. The fourth-order valence-corrected chi connectivity index (χ4v) is 3.07. The summed E-state index contributed by atoms with van der Waals surface area (Å²) in [6.45, 7) is 4.47. The molecule has 18 heavy (non-hydrogen) atoms. The minimum Gasteiger partial charge on any atom is -0.357 e. The summed E-state index contributed by atoms with van der Waals surface area (Å²) in [6.07, 6.45) is 2.02. The van der Waals surface area contributed by atoms with Gasteiger partial charge in [0.05, 0.1) is 0 Å². The van der Waals surface area contributed by atoms with Crippen LogP contribution in [0.15, 0.2) is 18.2 Å². The Morgan fingerprint density at radius 3 is 2.89 bits per heavy atom. The molecule has 2 aromatic rings. The van der Waals surface area contributed by atoms with Crippen LogP contribution in [0.2, 0.25) is 0 Å². The third-order valence-electron chi connectivity index (χ3n) is 4.24. The average molecular weight is 246 g/mol. The lowest BCUT2D eigenvalue weighted by molar-refractivity contribution is 0.313. The van der Waals surface area contributed by atoms with E-state index in [1.165, 1.54) is 11.6 Å². The average Bonchev–Trinajstić information content (AvgIpc) is 2.68. The second-order valence-corrected chi connectivity index (χ2v) is 5.76. The van der Waals surface area contributed by atoms with Gasteiger partial charge in [-0.2, -0.15) is 0 Å². The maximum Gasteiger partial charge on any atom is 0.123 e. The van der Waals surface area contributed by atoms with Crippen LogP contribution < -0.4 is 5.73 Å². The molecule has 0 spiro atoms. The van der Waals surface area contributed by atoms with Crippen molar-refractivity contribution in [3.63, 3.8) is 0 Å². The smallest absolute Gasteiger partial charge is 0.123 e. The summed E-state index contributed by atoms with van der Waals surface area (Å²) in [5.41, 5.74) is 9.58. The number of hydrogen-bond donors (Lipinski definition) is 2. The fraction of sp³-hybridized carbons (Fsp3) is 0.467. The topological polar surface area (TPSA) is 41.8 Å². The number of rotatable bonds is 1. The van der Waals surface area contributed by atoms with Crippen molar-refractivity contribution in [2.45, 2.75) is 32.7 Å². The predicted octanol–water partition coefficient (Wildman–Crippen LogP) is 3.53. The van der Waals surface area contributed by atoms with E-state index < -0.39 is 0 Å². The van der Waals surface area contributed by atoms with Crippen molar-refractivity contribution in [3.05, 3.63) is 35.3 Å². The largest absolute Gasteiger partial charge is 0.357 e. The van der Waals surface area contributed by atoms with E-state index >= 15 is 0 Å². The van der Waals surface area contributed by atoms with Gasteiger partial charge in [-0.25, -0.2) is 4.39 Å². The Bertz CT molecular complexity index is 585. The number of fused-ring (bicyclic) bond motifs is 3. The van der Waals surface area contributed by atoms with Crippen molar-refractivity contribution in [1.29, 1.82) is 0 Å². The summed E-state index contributed by atoms with van der Waals surface area (Å²) in [6, 6.07) is 4.98. The molecule has 1 aromatic carbocycles. The lowest BCUT2D eigenvalue weighted by Crippen LogP contribution is -2.26. The quantitative estimate of drug-likeness (QED) is 0.794. The van der Waals surface area contributed by atoms with Gasteiger partial charge in [0.1, 0.15) is 5.82 Å². The SMILES string of the molecule is CC(C)C1Cc2c([nH]c3ccc(F)cc23)C(N)C1. The second kappa shape index (κ2) is 4.09. The van der Waals surface area contributed by atoms with Crippen LogP contribution in [0.4, 0.5) is 4.39 Å². The Morgan fingerprint density at radius 1 is 1.39 bits per heavy atom. The van der Waals surface area contributed by atoms with Crippen LogP contribution in [0.25, 0.3) is 10.9 Å². The van der Waals surface area contributed by atoms with Crippen LogP contribution in [-0.4, -0.2) is 4.98 Å². The highest BCUT2D eigenvalue weighted by atomic mass is 19.1. The van der Waals surface area contributed by atoms with Crippen LogP contribution in [0, 0.1) is 17.7 Å². The van der Waals surface area contributed by atoms with Crippen LogP contribution in [0.1, 0.15) is 37.6 Å². The molecule has 0 bridgehead atoms. The third kappa shape index (κ3) is 1.74. The minimum atomic E-state index is -0.176. The molecular formula is C15H19FN2. The molecule has 2 atom stereocenters. The summed E-state index contributed by atoms with van der Waals surface area (Å²) < 4.78 is 13.4. The van der Waals surface area contributed by atoms with E-state index in [4.69, 9.17) is 5.73 Å². The Labute approximate surface area is 106 Å². The van der Waals surface area contributed by atoms with Crippen LogP contribution in [0.5, 0.6) is 0 Å². The zero-order chi connectivity index (χ0) is 12.9. The number of halogens is 1. The number of aromatic amines is 1. The molecule has 96 valence electrons. The molecule has 3 N–H and O–H groups in total. The van der Waals surface area contributed by atoms with E-state index in [1.54, 1.807) is 12.1 Å². The van der Waals surface area contributed by atoms with E-state index in [1.807, 2.05) is 0 Å². The predicted molar refractivity (Wildman–Crippen MR) is 71.8 cm³/mol. The molecule has 0 amide bonds. The minimum absolute atomic E-state index is 0.0524. The highest BCUT2D eigenvalue weighted by Crippen LogP contribution is 2.38. The normalized spacial score (nSPS) is 23.6. The van der Waals surface area contributed by atoms with E-state index in [9.17, 15) is 4.39 Å². The van der Waals surface area contributed by atoms with Gasteiger partial charge < -0.3 is 10.7 Å². The van der Waals surface area contributed by atoms with Crippen LogP contribution >= 0.6 is 0 Å². The Morgan fingerprint density at radius 2 is 2.17 bits per heavy atom. The number of H-pyrrole nitrogens is 1. The molecule has 0 radical (unpaired) electrons. The van der Waals surface area contributed by atoms with Crippen LogP contribution in [-0.2, 0) is 6.42 Å². The van der Waals surface area contributed by atoms with Gasteiger partial charge in [0, 0.05) is 22.6 Å². The summed E-state index contributed by atoms with van der Waals surface area (Å²) in [5.74, 6) is 1.03. The van der Waals surface area contributed by atoms with Gasteiger partial charge >= 0.3 is 0 Å². The highest BCUT2D eigenvalue weighted by molar-refractivity contribution is 5.85. The van der Waals surface area contributed by atoms with Crippen LogP contribution in [0.3, 0.4) is 0 Å². The molecule has 1 aliphatic rings. The summed E-state index contributed by atoms with van der Waals surface area (Å²) in [7, 11) is 0. The molecular weight excluding hydrogens is 227 g/mol. The maximum absolute atomic E-state index is 13.4. The van der Waals surface area contributed by atoms with Crippen molar-refractivity contribution < 1.29 is 4.39 Å². The maximum atomic E-state index is 13.4. The van der Waals surface area contributed by atoms with Gasteiger partial charge in [-0.1, -0.05) is 13.8 Å². The Kier molecular flexibility index (Phi) is 2.67. The lowest BCUT2D eigenvalue weighted by atomic mass is 9.78. The van der Waals surface area contributed by atoms with Gasteiger partial charge in [-0.15, -0.1) is 0 Å².